The van der Waals surface area contributed by atoms with Gasteiger partial charge >= 0.3 is 0 Å². The fourth-order valence-corrected chi connectivity index (χ4v) is 1.25. The highest BCUT2D eigenvalue weighted by molar-refractivity contribution is 5.62. The third-order valence-corrected chi connectivity index (χ3v) is 2.07. The highest BCUT2D eigenvalue weighted by atomic mass is 16.5. The Morgan fingerprint density at radius 1 is 1.50 bits per heavy atom. The molecule has 1 rings (SSSR count). The van der Waals surface area contributed by atoms with Gasteiger partial charge in [0.1, 0.15) is 11.5 Å². The van der Waals surface area contributed by atoms with Gasteiger partial charge in [-0.05, 0) is 19.1 Å². The van der Waals surface area contributed by atoms with Gasteiger partial charge in [0.25, 0.3) is 0 Å². The zero-order valence-electron chi connectivity index (χ0n) is 8.45. The molecule has 1 aromatic carbocycles. The van der Waals surface area contributed by atoms with Crippen LogP contribution in [0.5, 0.6) is 11.5 Å². The lowest BCUT2D eigenvalue weighted by Gasteiger charge is -2.08. The van der Waals surface area contributed by atoms with Crippen molar-refractivity contribution in [2.45, 2.75) is 6.92 Å². The Labute approximate surface area is 83.8 Å². The minimum absolute atomic E-state index is 0.244. The third kappa shape index (κ3) is 2.06. The van der Waals surface area contributed by atoms with Gasteiger partial charge in [-0.1, -0.05) is 12.2 Å². The van der Waals surface area contributed by atoms with Gasteiger partial charge in [0, 0.05) is 17.7 Å². The Morgan fingerprint density at radius 3 is 2.79 bits per heavy atom. The molecule has 0 aliphatic heterocycles. The van der Waals surface area contributed by atoms with Crippen LogP contribution in [0.15, 0.2) is 18.2 Å². The normalized spacial score (nSPS) is 10.8. The van der Waals surface area contributed by atoms with Crippen LogP contribution in [0.3, 0.4) is 0 Å². The van der Waals surface area contributed by atoms with Crippen molar-refractivity contribution in [2.75, 3.05) is 13.7 Å². The Balaban J connectivity index is 3.10. The maximum Gasteiger partial charge on any atom is 0.129 e. The summed E-state index contributed by atoms with van der Waals surface area (Å²) in [5.41, 5.74) is 6.83. The van der Waals surface area contributed by atoms with E-state index in [1.807, 2.05) is 13.0 Å². The van der Waals surface area contributed by atoms with E-state index in [0.717, 1.165) is 11.1 Å². The average molecular weight is 193 g/mol. The molecule has 0 aliphatic rings. The lowest BCUT2D eigenvalue weighted by molar-refractivity contribution is 0.402. The van der Waals surface area contributed by atoms with Crippen LogP contribution >= 0.6 is 0 Å². The van der Waals surface area contributed by atoms with Crippen molar-refractivity contribution in [1.82, 2.24) is 0 Å². The van der Waals surface area contributed by atoms with Crippen molar-refractivity contribution in [3.8, 4) is 11.5 Å². The number of hydrogen-bond donors (Lipinski definition) is 2. The first-order valence-corrected chi connectivity index (χ1v) is 4.44. The van der Waals surface area contributed by atoms with Crippen LogP contribution < -0.4 is 10.5 Å². The standard InChI is InChI=1S/C11H15NO2/c1-8-10(14-2)6-5-9(11(8)13)4-3-7-12/h3-6,13H,7,12H2,1-2H3/b4-3+. The molecule has 3 N–H and O–H groups in total. The molecular formula is C11H15NO2. The molecule has 3 heteroatoms. The predicted molar refractivity (Wildman–Crippen MR) is 57.5 cm³/mol. The molecule has 0 aromatic heterocycles. The van der Waals surface area contributed by atoms with Crippen molar-refractivity contribution >= 4 is 6.08 Å². The molecule has 0 bridgehead atoms. The van der Waals surface area contributed by atoms with Gasteiger partial charge in [0.2, 0.25) is 0 Å². The summed E-state index contributed by atoms with van der Waals surface area (Å²) < 4.78 is 5.08. The van der Waals surface area contributed by atoms with Crippen molar-refractivity contribution < 1.29 is 9.84 Å². The lowest BCUT2D eigenvalue weighted by atomic mass is 10.1. The number of phenols is 1. The molecular weight excluding hydrogens is 178 g/mol. The molecule has 0 heterocycles. The van der Waals surface area contributed by atoms with Crippen molar-refractivity contribution in [1.29, 1.82) is 0 Å². The molecule has 76 valence electrons. The summed E-state index contributed by atoms with van der Waals surface area (Å²) in [7, 11) is 1.58. The van der Waals surface area contributed by atoms with Gasteiger partial charge in [-0.2, -0.15) is 0 Å². The maximum absolute atomic E-state index is 9.76. The van der Waals surface area contributed by atoms with Crippen LogP contribution in [0.4, 0.5) is 0 Å². The monoisotopic (exact) mass is 193 g/mol. The zero-order chi connectivity index (χ0) is 10.6. The molecule has 0 aliphatic carbocycles. The van der Waals surface area contributed by atoms with Crippen LogP contribution in [0.1, 0.15) is 11.1 Å². The van der Waals surface area contributed by atoms with Crippen molar-refractivity contribution in [3.05, 3.63) is 29.3 Å². The number of hydrogen-bond acceptors (Lipinski definition) is 3. The van der Waals surface area contributed by atoms with Gasteiger partial charge < -0.3 is 15.6 Å². The number of benzene rings is 1. The zero-order valence-corrected chi connectivity index (χ0v) is 8.45. The molecule has 0 radical (unpaired) electrons. The first-order valence-electron chi connectivity index (χ1n) is 4.44. The van der Waals surface area contributed by atoms with Crippen LogP contribution in [0.25, 0.3) is 6.08 Å². The molecule has 0 atom stereocenters. The van der Waals surface area contributed by atoms with Crippen LogP contribution in [-0.4, -0.2) is 18.8 Å². The molecule has 1 aromatic rings. The van der Waals surface area contributed by atoms with Crippen molar-refractivity contribution in [2.24, 2.45) is 5.73 Å². The highest BCUT2D eigenvalue weighted by Crippen LogP contribution is 2.30. The van der Waals surface area contributed by atoms with E-state index < -0.39 is 0 Å². The van der Waals surface area contributed by atoms with Gasteiger partial charge in [0.15, 0.2) is 0 Å². The van der Waals surface area contributed by atoms with Gasteiger partial charge in [-0.15, -0.1) is 0 Å². The number of phenolic OH excluding ortho intramolecular Hbond substituents is 1. The number of nitrogens with two attached hydrogens (primary N) is 1. The molecule has 0 amide bonds. The predicted octanol–water partition coefficient (Wildman–Crippen LogP) is 1.68. The van der Waals surface area contributed by atoms with Crippen LogP contribution in [0, 0.1) is 6.92 Å². The molecule has 3 nitrogen and oxygen atoms in total. The quantitative estimate of drug-likeness (QED) is 0.768. The second-order valence-electron chi connectivity index (χ2n) is 2.97. The van der Waals surface area contributed by atoms with E-state index in [9.17, 15) is 5.11 Å². The molecule has 0 fully saturated rings. The molecule has 14 heavy (non-hydrogen) atoms. The SMILES string of the molecule is COc1ccc(/C=C/CN)c(O)c1C. The minimum atomic E-state index is 0.244. The fourth-order valence-electron chi connectivity index (χ4n) is 1.25. The van der Waals surface area contributed by atoms with E-state index in [1.54, 1.807) is 25.3 Å². The Bertz CT molecular complexity index is 345. The van der Waals surface area contributed by atoms with E-state index in [-0.39, 0.29) is 5.75 Å². The lowest BCUT2D eigenvalue weighted by Crippen LogP contribution is -1.93. The second-order valence-corrected chi connectivity index (χ2v) is 2.97. The summed E-state index contributed by atoms with van der Waals surface area (Å²) in [6.45, 7) is 2.28. The van der Waals surface area contributed by atoms with Gasteiger partial charge in [-0.25, -0.2) is 0 Å². The Morgan fingerprint density at radius 2 is 2.21 bits per heavy atom. The molecule has 0 saturated heterocycles. The molecule has 0 saturated carbocycles. The maximum atomic E-state index is 9.76. The summed E-state index contributed by atoms with van der Waals surface area (Å²) in [5.74, 6) is 0.932. The average Bonchev–Trinajstić information content (AvgIpc) is 2.20. The summed E-state index contributed by atoms with van der Waals surface area (Å²) >= 11 is 0. The van der Waals surface area contributed by atoms with E-state index in [4.69, 9.17) is 10.5 Å². The number of methoxy groups -OCH3 is 1. The number of rotatable bonds is 3. The van der Waals surface area contributed by atoms with Crippen molar-refractivity contribution in [3.63, 3.8) is 0 Å². The summed E-state index contributed by atoms with van der Waals surface area (Å²) in [6.07, 6.45) is 3.59. The minimum Gasteiger partial charge on any atom is -0.507 e. The van der Waals surface area contributed by atoms with E-state index in [1.165, 1.54) is 0 Å². The third-order valence-electron chi connectivity index (χ3n) is 2.07. The first kappa shape index (κ1) is 10.6. The first-order chi connectivity index (χ1) is 6.70. The summed E-state index contributed by atoms with van der Waals surface area (Å²) in [5, 5.41) is 9.76. The number of aromatic hydroxyl groups is 1. The van der Waals surface area contributed by atoms with Crippen LogP contribution in [0.2, 0.25) is 0 Å². The van der Waals surface area contributed by atoms with Crippen LogP contribution in [-0.2, 0) is 0 Å². The van der Waals surface area contributed by atoms with E-state index in [0.29, 0.717) is 12.3 Å². The summed E-state index contributed by atoms with van der Waals surface area (Å²) in [4.78, 5) is 0. The van der Waals surface area contributed by atoms with Gasteiger partial charge in [0.05, 0.1) is 7.11 Å². The Kier molecular flexibility index (Phi) is 3.54. The second kappa shape index (κ2) is 4.67. The molecule has 0 unspecified atom stereocenters. The van der Waals surface area contributed by atoms with E-state index in [2.05, 4.69) is 0 Å². The smallest absolute Gasteiger partial charge is 0.129 e. The topological polar surface area (TPSA) is 55.5 Å². The molecule has 0 spiro atoms. The largest absolute Gasteiger partial charge is 0.507 e. The number of ether oxygens (including phenoxy) is 1. The highest BCUT2D eigenvalue weighted by Gasteiger charge is 2.06. The Hall–Kier alpha value is -1.48. The van der Waals surface area contributed by atoms with Gasteiger partial charge in [-0.3, -0.25) is 0 Å². The van der Waals surface area contributed by atoms with E-state index >= 15 is 0 Å². The summed E-state index contributed by atoms with van der Waals surface area (Å²) in [6, 6.07) is 3.62. The fraction of sp³-hybridized carbons (Fsp3) is 0.273.